The van der Waals surface area contributed by atoms with Gasteiger partial charge in [0.05, 0.1) is 6.07 Å². The predicted molar refractivity (Wildman–Crippen MR) is 87.6 cm³/mol. The van der Waals surface area contributed by atoms with E-state index in [4.69, 9.17) is 10.00 Å². The largest absolute Gasteiger partial charge is 0.484 e. The van der Waals surface area contributed by atoms with Crippen LogP contribution in [0.5, 0.6) is 5.75 Å². The third-order valence-electron chi connectivity index (χ3n) is 3.76. The van der Waals surface area contributed by atoms with Crippen LogP contribution in [0.2, 0.25) is 0 Å². The van der Waals surface area contributed by atoms with Gasteiger partial charge < -0.3 is 9.64 Å². The van der Waals surface area contributed by atoms with Gasteiger partial charge in [-0.15, -0.1) is 0 Å². The molecule has 0 aromatic heterocycles. The highest BCUT2D eigenvalue weighted by molar-refractivity contribution is 9.10. The fourth-order valence-corrected chi connectivity index (χ4v) is 2.62. The average Bonchev–Trinajstić information content (AvgIpc) is 2.54. The number of nitriles is 1. The monoisotopic (exact) mass is 365 g/mol. The molecular formula is C16H20BrN3O2. The van der Waals surface area contributed by atoms with Crippen molar-refractivity contribution in [3.05, 3.63) is 28.2 Å². The molecule has 0 atom stereocenters. The summed E-state index contributed by atoms with van der Waals surface area (Å²) in [5.41, 5.74) is 1.08. The van der Waals surface area contributed by atoms with Crippen LogP contribution in [0.1, 0.15) is 12.0 Å². The molecule has 1 amide bonds. The number of carbonyl (C=O) groups excluding carboxylic acids is 1. The van der Waals surface area contributed by atoms with Crippen LogP contribution < -0.4 is 4.74 Å². The van der Waals surface area contributed by atoms with E-state index in [1.807, 2.05) is 30.0 Å². The Morgan fingerprint density at radius 1 is 1.36 bits per heavy atom. The van der Waals surface area contributed by atoms with Gasteiger partial charge in [-0.1, -0.05) is 15.9 Å². The molecule has 0 N–H and O–H groups in total. The van der Waals surface area contributed by atoms with Crippen molar-refractivity contribution in [2.45, 2.75) is 13.3 Å². The summed E-state index contributed by atoms with van der Waals surface area (Å²) in [6.45, 7) is 5.89. The second kappa shape index (κ2) is 8.16. The SMILES string of the molecule is Cc1cc(OCC(=O)N2CCN(CCC#N)CC2)ccc1Br. The molecule has 1 saturated heterocycles. The Hall–Kier alpha value is -1.58. The first-order valence-electron chi connectivity index (χ1n) is 7.36. The van der Waals surface area contributed by atoms with Crippen LogP contribution in [0.3, 0.4) is 0 Å². The zero-order chi connectivity index (χ0) is 15.9. The van der Waals surface area contributed by atoms with Crippen LogP contribution in [0.15, 0.2) is 22.7 Å². The number of carbonyl (C=O) groups is 1. The van der Waals surface area contributed by atoms with Crippen LogP contribution in [-0.4, -0.2) is 55.0 Å². The maximum Gasteiger partial charge on any atom is 0.260 e. The number of aryl methyl sites for hydroxylation is 1. The number of benzene rings is 1. The number of piperazine rings is 1. The van der Waals surface area contributed by atoms with E-state index < -0.39 is 0 Å². The Morgan fingerprint density at radius 2 is 2.09 bits per heavy atom. The molecular weight excluding hydrogens is 346 g/mol. The highest BCUT2D eigenvalue weighted by atomic mass is 79.9. The van der Waals surface area contributed by atoms with Crippen LogP contribution in [0, 0.1) is 18.3 Å². The number of amides is 1. The van der Waals surface area contributed by atoms with Gasteiger partial charge in [0.25, 0.3) is 5.91 Å². The maximum absolute atomic E-state index is 12.2. The summed E-state index contributed by atoms with van der Waals surface area (Å²) >= 11 is 3.44. The Kier molecular flexibility index (Phi) is 6.22. The lowest BCUT2D eigenvalue weighted by Gasteiger charge is -2.34. The normalized spacial score (nSPS) is 15.4. The van der Waals surface area contributed by atoms with Gasteiger partial charge in [-0.2, -0.15) is 5.26 Å². The Bertz CT molecular complexity index is 563. The van der Waals surface area contributed by atoms with Crippen molar-refractivity contribution < 1.29 is 9.53 Å². The fourth-order valence-electron chi connectivity index (χ4n) is 2.37. The summed E-state index contributed by atoms with van der Waals surface area (Å²) in [5.74, 6) is 0.724. The molecule has 2 rings (SSSR count). The second-order valence-electron chi connectivity index (χ2n) is 5.33. The highest BCUT2D eigenvalue weighted by Gasteiger charge is 2.21. The zero-order valence-corrected chi connectivity index (χ0v) is 14.3. The lowest BCUT2D eigenvalue weighted by Crippen LogP contribution is -2.50. The van der Waals surface area contributed by atoms with E-state index in [1.54, 1.807) is 0 Å². The maximum atomic E-state index is 12.2. The number of rotatable bonds is 5. The van der Waals surface area contributed by atoms with Crippen molar-refractivity contribution in [3.63, 3.8) is 0 Å². The Labute approximate surface area is 139 Å². The number of ether oxygens (including phenoxy) is 1. The molecule has 1 aromatic carbocycles. The van der Waals surface area contributed by atoms with Gasteiger partial charge in [-0.3, -0.25) is 9.69 Å². The number of halogens is 1. The molecule has 22 heavy (non-hydrogen) atoms. The molecule has 1 aromatic rings. The molecule has 0 spiro atoms. The predicted octanol–water partition coefficient (Wildman–Crippen LogP) is 2.19. The summed E-state index contributed by atoms with van der Waals surface area (Å²) < 4.78 is 6.61. The van der Waals surface area contributed by atoms with E-state index >= 15 is 0 Å². The van der Waals surface area contributed by atoms with Crippen molar-refractivity contribution in [1.82, 2.24) is 9.80 Å². The molecule has 118 valence electrons. The van der Waals surface area contributed by atoms with E-state index in [0.717, 1.165) is 29.7 Å². The first kappa shape index (κ1) is 16.8. The molecule has 0 aliphatic carbocycles. The van der Waals surface area contributed by atoms with Crippen molar-refractivity contribution >= 4 is 21.8 Å². The van der Waals surface area contributed by atoms with Gasteiger partial charge in [0.1, 0.15) is 5.75 Å². The van der Waals surface area contributed by atoms with Crippen molar-refractivity contribution in [2.75, 3.05) is 39.3 Å². The number of hydrogen-bond donors (Lipinski definition) is 0. The average molecular weight is 366 g/mol. The van der Waals surface area contributed by atoms with Gasteiger partial charge in [0.2, 0.25) is 0 Å². The topological polar surface area (TPSA) is 56.6 Å². The van der Waals surface area contributed by atoms with Crippen molar-refractivity contribution in [2.24, 2.45) is 0 Å². The van der Waals surface area contributed by atoms with Crippen LogP contribution >= 0.6 is 15.9 Å². The smallest absolute Gasteiger partial charge is 0.260 e. The van der Waals surface area contributed by atoms with Crippen LogP contribution in [-0.2, 0) is 4.79 Å². The van der Waals surface area contributed by atoms with Gasteiger partial charge in [0, 0.05) is 43.6 Å². The lowest BCUT2D eigenvalue weighted by atomic mass is 10.2. The van der Waals surface area contributed by atoms with Crippen LogP contribution in [0.4, 0.5) is 0 Å². The van der Waals surface area contributed by atoms with E-state index in [9.17, 15) is 4.79 Å². The Morgan fingerprint density at radius 3 is 2.73 bits per heavy atom. The molecule has 0 bridgehead atoms. The summed E-state index contributed by atoms with van der Waals surface area (Å²) in [6.07, 6.45) is 0.542. The summed E-state index contributed by atoms with van der Waals surface area (Å²) in [6, 6.07) is 7.84. The van der Waals surface area contributed by atoms with E-state index in [1.165, 1.54) is 0 Å². The molecule has 5 nitrogen and oxygen atoms in total. The van der Waals surface area contributed by atoms with Gasteiger partial charge >= 0.3 is 0 Å². The summed E-state index contributed by atoms with van der Waals surface area (Å²) in [5, 5.41) is 8.59. The molecule has 0 saturated carbocycles. The quantitative estimate of drug-likeness (QED) is 0.802. The molecule has 1 heterocycles. The third kappa shape index (κ3) is 4.72. The van der Waals surface area contributed by atoms with Crippen LogP contribution in [0.25, 0.3) is 0 Å². The lowest BCUT2D eigenvalue weighted by molar-refractivity contribution is -0.135. The number of hydrogen-bond acceptors (Lipinski definition) is 4. The summed E-state index contributed by atoms with van der Waals surface area (Å²) in [7, 11) is 0. The molecule has 0 radical (unpaired) electrons. The highest BCUT2D eigenvalue weighted by Crippen LogP contribution is 2.21. The zero-order valence-electron chi connectivity index (χ0n) is 12.7. The molecule has 1 fully saturated rings. The van der Waals surface area contributed by atoms with E-state index in [-0.39, 0.29) is 12.5 Å². The summed E-state index contributed by atoms with van der Waals surface area (Å²) in [4.78, 5) is 16.2. The minimum atomic E-state index is 0.0144. The minimum Gasteiger partial charge on any atom is -0.484 e. The third-order valence-corrected chi connectivity index (χ3v) is 4.65. The first-order chi connectivity index (χ1) is 10.6. The van der Waals surface area contributed by atoms with E-state index in [2.05, 4.69) is 26.9 Å². The molecule has 1 aliphatic rings. The standard InChI is InChI=1S/C16H20BrN3O2/c1-13-11-14(3-4-15(13)17)22-12-16(21)20-9-7-19(8-10-20)6-2-5-18/h3-4,11H,2,6-10,12H2,1H3. The first-order valence-corrected chi connectivity index (χ1v) is 8.15. The molecule has 1 aliphatic heterocycles. The van der Waals surface area contributed by atoms with Gasteiger partial charge in [-0.25, -0.2) is 0 Å². The fraction of sp³-hybridized carbons (Fsp3) is 0.500. The van der Waals surface area contributed by atoms with Crippen molar-refractivity contribution in [3.8, 4) is 11.8 Å². The number of nitrogens with zero attached hydrogens (tertiary/aromatic N) is 3. The van der Waals surface area contributed by atoms with Crippen molar-refractivity contribution in [1.29, 1.82) is 5.26 Å². The Balaban J connectivity index is 1.76. The van der Waals surface area contributed by atoms with Gasteiger partial charge in [-0.05, 0) is 30.7 Å². The minimum absolute atomic E-state index is 0.0144. The van der Waals surface area contributed by atoms with Gasteiger partial charge in [0.15, 0.2) is 6.61 Å². The second-order valence-corrected chi connectivity index (χ2v) is 6.18. The molecule has 0 unspecified atom stereocenters. The van der Waals surface area contributed by atoms with E-state index in [0.29, 0.717) is 25.3 Å². The molecule has 6 heteroatoms.